The Morgan fingerprint density at radius 3 is 1.83 bits per heavy atom. The van der Waals surface area contributed by atoms with Crippen molar-refractivity contribution in [3.8, 4) is 0 Å². The van der Waals surface area contributed by atoms with Crippen molar-refractivity contribution in [3.63, 3.8) is 0 Å². The van der Waals surface area contributed by atoms with Crippen molar-refractivity contribution in [2.24, 2.45) is 23.5 Å². The van der Waals surface area contributed by atoms with Crippen molar-refractivity contribution in [3.05, 3.63) is 35.9 Å². The molecule has 9 atom stereocenters. The summed E-state index contributed by atoms with van der Waals surface area (Å²) in [6.07, 6.45) is 1.85. The van der Waals surface area contributed by atoms with Crippen LogP contribution in [0.5, 0.6) is 0 Å². The van der Waals surface area contributed by atoms with Gasteiger partial charge in [-0.05, 0) is 50.0 Å². The van der Waals surface area contributed by atoms with Gasteiger partial charge >= 0.3 is 5.97 Å². The molecule has 2 heterocycles. The molecule has 434 valence electrons. The maximum absolute atomic E-state index is 14.7. The third-order valence-electron chi connectivity index (χ3n) is 14.6. The molecule has 21 nitrogen and oxygen atoms in total. The number of benzene rings is 1. The molecule has 76 heavy (non-hydrogen) atoms. The second-order valence-electron chi connectivity index (χ2n) is 20.2. The number of methoxy groups -OCH3 is 3. The number of hydrogen-bond acceptors (Lipinski definition) is 16. The van der Waals surface area contributed by atoms with Crippen molar-refractivity contribution in [1.29, 1.82) is 0 Å². The van der Waals surface area contributed by atoms with Crippen LogP contribution >= 0.6 is 0 Å². The summed E-state index contributed by atoms with van der Waals surface area (Å²) >= 11 is 0. The Balaban J connectivity index is 1.54. The number of carbonyl (C=O) groups excluding carboxylic acids is 6. The maximum atomic E-state index is 14.7. The normalized spacial score (nSPS) is 19.4. The van der Waals surface area contributed by atoms with Crippen molar-refractivity contribution in [2.75, 3.05) is 127 Å². The first-order valence-corrected chi connectivity index (χ1v) is 27.3. The minimum atomic E-state index is -1.18. The molecule has 2 fully saturated rings. The molecule has 1 aromatic carbocycles. The van der Waals surface area contributed by atoms with Gasteiger partial charge in [0.15, 0.2) is 0 Å². The van der Waals surface area contributed by atoms with Gasteiger partial charge in [-0.1, -0.05) is 71.4 Å². The predicted octanol–water partition coefficient (Wildman–Crippen LogP) is 2.78. The fourth-order valence-corrected chi connectivity index (χ4v) is 10.0. The molecule has 0 aromatic heterocycles. The number of hydrogen-bond donors (Lipinski definition) is 3. The lowest BCUT2D eigenvalue weighted by Crippen LogP contribution is -2.62. The van der Waals surface area contributed by atoms with Gasteiger partial charge < -0.3 is 73.7 Å². The molecule has 5 amide bonds. The molecule has 3 rings (SSSR count). The number of ether oxygens (including phenoxy) is 9. The number of nitrogens with one attached hydrogen (secondary N) is 2. The van der Waals surface area contributed by atoms with E-state index in [2.05, 4.69) is 10.6 Å². The van der Waals surface area contributed by atoms with Crippen LogP contribution in [0, 0.1) is 17.8 Å². The van der Waals surface area contributed by atoms with Gasteiger partial charge in [-0.25, -0.2) is 4.79 Å². The molecule has 0 spiro atoms. The molecule has 0 aliphatic carbocycles. The second kappa shape index (κ2) is 36.0. The Bertz CT molecular complexity index is 1870. The number of amides is 5. The molecule has 0 bridgehead atoms. The number of esters is 1. The van der Waals surface area contributed by atoms with Crippen LogP contribution in [-0.2, 0) is 77.8 Å². The number of rotatable bonds is 39. The van der Waals surface area contributed by atoms with E-state index >= 15 is 0 Å². The number of likely N-dealkylation sites (N-methyl/N-ethyl adjacent to an activating group) is 1. The highest BCUT2D eigenvalue weighted by molar-refractivity contribution is 5.95. The molecule has 0 radical (unpaired) electrons. The highest BCUT2D eigenvalue weighted by Crippen LogP contribution is 2.32. The maximum Gasteiger partial charge on any atom is 0.328 e. The van der Waals surface area contributed by atoms with Gasteiger partial charge in [0.1, 0.15) is 17.6 Å². The zero-order chi connectivity index (χ0) is 56.0. The molecule has 1 aromatic rings. The van der Waals surface area contributed by atoms with Crippen LogP contribution < -0.4 is 16.4 Å². The summed E-state index contributed by atoms with van der Waals surface area (Å²) in [5.74, 6) is -3.34. The van der Waals surface area contributed by atoms with Gasteiger partial charge in [-0.15, -0.1) is 0 Å². The molecule has 4 N–H and O–H groups in total. The Labute approximate surface area is 452 Å². The third-order valence-corrected chi connectivity index (χ3v) is 14.6. The Morgan fingerprint density at radius 2 is 1.32 bits per heavy atom. The van der Waals surface area contributed by atoms with Gasteiger partial charge in [-0.2, -0.15) is 0 Å². The van der Waals surface area contributed by atoms with Crippen LogP contribution in [0.1, 0.15) is 92.1 Å². The number of nitrogens with two attached hydrogens (primary N) is 1. The molecule has 2 saturated heterocycles. The zero-order valence-corrected chi connectivity index (χ0v) is 47.4. The van der Waals surface area contributed by atoms with E-state index in [1.54, 1.807) is 35.6 Å². The molecule has 2 aliphatic heterocycles. The zero-order valence-electron chi connectivity index (χ0n) is 47.4. The van der Waals surface area contributed by atoms with Crippen molar-refractivity contribution < 1.29 is 71.4 Å². The van der Waals surface area contributed by atoms with Crippen molar-refractivity contribution in [2.45, 2.75) is 135 Å². The average molecular weight is 1080 g/mol. The number of carbonyl (C=O) groups is 6. The summed E-state index contributed by atoms with van der Waals surface area (Å²) in [7, 11) is 6.00. The van der Waals surface area contributed by atoms with E-state index in [9.17, 15) is 28.8 Å². The number of nitrogens with zero attached hydrogens (tertiary/aromatic N) is 3. The summed E-state index contributed by atoms with van der Waals surface area (Å²) in [5, 5.41) is 5.90. The van der Waals surface area contributed by atoms with E-state index in [-0.39, 0.29) is 62.0 Å². The fourth-order valence-electron chi connectivity index (χ4n) is 10.0. The van der Waals surface area contributed by atoms with Crippen LogP contribution in [0.2, 0.25) is 0 Å². The monoisotopic (exact) mass is 1080 g/mol. The quantitative estimate of drug-likeness (QED) is 0.0634. The first-order valence-electron chi connectivity index (χ1n) is 27.3. The van der Waals surface area contributed by atoms with Crippen molar-refractivity contribution >= 4 is 35.5 Å². The standard InChI is InChI=1S/C55H94N6O15/c1-11-40(4)49(45(68-8)38-47(63)60-23-15-19-44(60)50(69-9)41(5)51(64)57-43(53(66)70-10)37-42-17-13-12-14-18-42)59(7)52(65)48(39(2)3)58-54(67)55(6)21-16-24-61(55)46(62)20-25-71-27-29-73-31-33-75-35-36-76-34-32-74-30-28-72-26-22-56/h12-14,17-18,39-41,43-45,48-50H,11,15-16,19-38,56H2,1-10H3,(H,57,64)(H,58,67)/t40-,41+,43-,44-,45+,48-,49-,50+,55-/m0/s1. The lowest BCUT2D eigenvalue weighted by molar-refractivity contribution is -0.150. The summed E-state index contributed by atoms with van der Waals surface area (Å²) in [5.41, 5.74) is 5.05. The van der Waals surface area contributed by atoms with E-state index in [0.717, 1.165) is 5.56 Å². The summed E-state index contributed by atoms with van der Waals surface area (Å²) in [6.45, 7) is 17.4. The smallest absolute Gasteiger partial charge is 0.328 e. The van der Waals surface area contributed by atoms with Gasteiger partial charge in [0.25, 0.3) is 0 Å². The average Bonchev–Trinajstić information content (AvgIpc) is 4.07. The molecule has 2 aliphatic rings. The van der Waals surface area contributed by atoms with E-state index in [1.165, 1.54) is 21.3 Å². The summed E-state index contributed by atoms with van der Waals surface area (Å²) in [6, 6.07) is 6.47. The third kappa shape index (κ3) is 20.8. The lowest BCUT2D eigenvalue weighted by atomic mass is 9.89. The molecule has 0 saturated carbocycles. The highest BCUT2D eigenvalue weighted by Gasteiger charge is 2.48. The minimum Gasteiger partial charge on any atom is -0.467 e. The molecule has 0 unspecified atom stereocenters. The first-order chi connectivity index (χ1) is 36.5. The van der Waals surface area contributed by atoms with Crippen LogP contribution in [0.15, 0.2) is 30.3 Å². The van der Waals surface area contributed by atoms with E-state index in [1.807, 2.05) is 58.0 Å². The van der Waals surface area contributed by atoms with Crippen molar-refractivity contribution in [1.82, 2.24) is 25.3 Å². The van der Waals surface area contributed by atoms with Crippen LogP contribution in [-0.4, -0.2) is 219 Å². The van der Waals surface area contributed by atoms with E-state index < -0.39 is 65.6 Å². The first kappa shape index (κ1) is 66.0. The van der Waals surface area contributed by atoms with Crippen LogP contribution in [0.25, 0.3) is 0 Å². The summed E-state index contributed by atoms with van der Waals surface area (Å²) < 4.78 is 50.0. The molecular formula is C55H94N6O15. The fraction of sp³-hybridized carbons (Fsp3) is 0.782. The SMILES string of the molecule is CC[C@H](C)[C@@H]([C@@H](CC(=O)N1CCC[C@H]1[C@H](OC)[C@@H](C)C(=O)N[C@@H](Cc1ccccc1)C(=O)OC)OC)N(C)C(=O)[C@@H](NC(=O)[C@]1(C)CCCN1C(=O)CCOCCOCCOCCOCCOCCOCCN)C(C)C. The Morgan fingerprint density at radius 1 is 0.750 bits per heavy atom. The van der Waals surface area contributed by atoms with Gasteiger partial charge in [0.05, 0.1) is 129 Å². The Hall–Kier alpha value is -4.32. The topological polar surface area (TPSA) is 245 Å². The predicted molar refractivity (Wildman–Crippen MR) is 285 cm³/mol. The van der Waals surface area contributed by atoms with Crippen LogP contribution in [0.4, 0.5) is 0 Å². The van der Waals surface area contributed by atoms with E-state index in [4.69, 9.17) is 48.4 Å². The van der Waals surface area contributed by atoms with Gasteiger partial charge in [0, 0.05) is 47.3 Å². The molecule has 21 heteroatoms. The minimum absolute atomic E-state index is 0.0555. The molecular weight excluding hydrogens is 985 g/mol. The lowest BCUT2D eigenvalue weighted by Gasteiger charge is -2.41. The largest absolute Gasteiger partial charge is 0.467 e. The number of likely N-dealkylation sites (tertiary alicyclic amines) is 2. The van der Waals surface area contributed by atoms with E-state index in [0.29, 0.717) is 118 Å². The highest BCUT2D eigenvalue weighted by atomic mass is 16.6. The van der Waals surface area contributed by atoms with Gasteiger partial charge in [-0.3, -0.25) is 24.0 Å². The summed E-state index contributed by atoms with van der Waals surface area (Å²) in [4.78, 5) is 88.5. The Kier molecular flexibility index (Phi) is 31.2. The van der Waals surface area contributed by atoms with Gasteiger partial charge in [0.2, 0.25) is 29.5 Å². The second-order valence-corrected chi connectivity index (χ2v) is 20.2. The van der Waals surface area contributed by atoms with Crippen LogP contribution in [0.3, 0.4) is 0 Å².